The molecule has 0 bridgehead atoms. The van der Waals surface area contributed by atoms with E-state index in [0.717, 1.165) is 96.5 Å². The summed E-state index contributed by atoms with van der Waals surface area (Å²) in [4.78, 5) is 7.17. The molecule has 0 atom stereocenters. The van der Waals surface area contributed by atoms with Crippen LogP contribution in [0.25, 0.3) is 0 Å². The van der Waals surface area contributed by atoms with Gasteiger partial charge < -0.3 is 24.5 Å². The second kappa shape index (κ2) is 13.6. The van der Waals surface area contributed by atoms with Crippen molar-refractivity contribution in [3.8, 4) is 0 Å². The molecule has 7 nitrogen and oxygen atoms in total. The first-order valence-corrected chi connectivity index (χ1v) is 9.72. The summed E-state index contributed by atoms with van der Waals surface area (Å²) in [5, 5.41) is 6.82. The molecule has 1 aromatic rings. The third-order valence-electron chi connectivity index (χ3n) is 4.32. The van der Waals surface area contributed by atoms with Crippen LogP contribution in [0.4, 0.5) is 0 Å². The number of furan rings is 1. The first-order valence-electron chi connectivity index (χ1n) is 9.72. The normalized spacial score (nSPS) is 16.0. The van der Waals surface area contributed by atoms with Gasteiger partial charge in [0.25, 0.3) is 0 Å². The van der Waals surface area contributed by atoms with Gasteiger partial charge >= 0.3 is 0 Å². The molecule has 1 aliphatic heterocycles. The molecule has 2 N–H and O–H groups in total. The molecule has 7 heteroatoms. The highest BCUT2D eigenvalue weighted by Crippen LogP contribution is 2.00. The van der Waals surface area contributed by atoms with Crippen LogP contribution in [-0.4, -0.2) is 77.1 Å². The Morgan fingerprint density at radius 3 is 2.81 bits per heavy atom. The second-order valence-corrected chi connectivity index (χ2v) is 6.42. The van der Waals surface area contributed by atoms with Gasteiger partial charge in [-0.2, -0.15) is 0 Å². The molecule has 0 aliphatic carbocycles. The van der Waals surface area contributed by atoms with Crippen LogP contribution in [0.2, 0.25) is 0 Å². The number of rotatable bonds is 12. The average Bonchev–Trinajstić information content (AvgIpc) is 3.19. The summed E-state index contributed by atoms with van der Waals surface area (Å²) in [6.45, 7) is 8.20. The lowest BCUT2D eigenvalue weighted by molar-refractivity contribution is 0.0377. The minimum absolute atomic E-state index is 0.805. The molecule has 2 heterocycles. The van der Waals surface area contributed by atoms with Gasteiger partial charge in [0.05, 0.1) is 19.5 Å². The Hall–Kier alpha value is -1.57. The lowest BCUT2D eigenvalue weighted by atomic mass is 10.3. The highest BCUT2D eigenvalue weighted by atomic mass is 16.5. The number of aliphatic imine (C=N–C) groups is 1. The fraction of sp³-hybridized carbons (Fsp3) is 0.737. The first-order chi connectivity index (χ1) is 12.9. The van der Waals surface area contributed by atoms with Crippen molar-refractivity contribution in [2.75, 3.05) is 66.2 Å². The maximum atomic E-state index is 5.39. The van der Waals surface area contributed by atoms with Gasteiger partial charge in [0.15, 0.2) is 5.96 Å². The van der Waals surface area contributed by atoms with E-state index in [4.69, 9.17) is 18.9 Å². The predicted octanol–water partition coefficient (Wildman–Crippen LogP) is 1.51. The molecule has 1 fully saturated rings. The second-order valence-electron chi connectivity index (χ2n) is 6.42. The van der Waals surface area contributed by atoms with E-state index in [0.29, 0.717) is 0 Å². The van der Waals surface area contributed by atoms with Crippen molar-refractivity contribution >= 4 is 5.96 Å². The molecule has 0 saturated carbocycles. The van der Waals surface area contributed by atoms with Crippen LogP contribution >= 0.6 is 0 Å². The lowest BCUT2D eigenvalue weighted by Crippen LogP contribution is -2.39. The summed E-state index contributed by atoms with van der Waals surface area (Å²) in [5.74, 6) is 1.88. The van der Waals surface area contributed by atoms with Gasteiger partial charge in [-0.3, -0.25) is 9.89 Å². The Labute approximate surface area is 157 Å². The van der Waals surface area contributed by atoms with Gasteiger partial charge in [0, 0.05) is 59.4 Å². The molecule has 0 radical (unpaired) electrons. The zero-order valence-electron chi connectivity index (χ0n) is 16.0. The Bertz CT molecular complexity index is 473. The Morgan fingerprint density at radius 2 is 2.04 bits per heavy atom. The zero-order valence-corrected chi connectivity index (χ0v) is 16.0. The summed E-state index contributed by atoms with van der Waals surface area (Å²) in [5.41, 5.74) is 0. The standard InChI is InChI=1S/C19H34N4O3/c1-24-14-3-2-8-20-19(22-10-7-18-6-4-15-26-18)21-9-5-11-23-12-16-25-17-13-23/h4,6,15H,2-3,5,7-14,16-17H2,1H3,(H2,20,21,22). The number of hydrogen-bond acceptors (Lipinski definition) is 5. The average molecular weight is 367 g/mol. The number of nitrogens with zero attached hydrogens (tertiary/aromatic N) is 2. The minimum atomic E-state index is 0.805. The molecule has 2 rings (SSSR count). The molecule has 148 valence electrons. The fourth-order valence-corrected chi connectivity index (χ4v) is 2.82. The molecular weight excluding hydrogens is 332 g/mol. The highest BCUT2D eigenvalue weighted by molar-refractivity contribution is 5.79. The third kappa shape index (κ3) is 9.22. The maximum absolute atomic E-state index is 5.39. The molecule has 1 aliphatic rings. The number of methoxy groups -OCH3 is 1. The largest absolute Gasteiger partial charge is 0.469 e. The van der Waals surface area contributed by atoms with E-state index in [1.54, 1.807) is 13.4 Å². The van der Waals surface area contributed by atoms with Crippen molar-refractivity contribution in [2.24, 2.45) is 4.99 Å². The molecule has 0 amide bonds. The zero-order chi connectivity index (χ0) is 18.3. The van der Waals surface area contributed by atoms with Crippen LogP contribution in [-0.2, 0) is 15.9 Å². The lowest BCUT2D eigenvalue weighted by Gasteiger charge is -2.26. The summed E-state index contributed by atoms with van der Waals surface area (Å²) in [6.07, 6.45) is 5.75. The number of hydrogen-bond donors (Lipinski definition) is 2. The smallest absolute Gasteiger partial charge is 0.191 e. The van der Waals surface area contributed by atoms with Gasteiger partial charge in [-0.15, -0.1) is 0 Å². The van der Waals surface area contributed by atoms with E-state index in [2.05, 4.69) is 15.5 Å². The van der Waals surface area contributed by atoms with Crippen LogP contribution in [0.3, 0.4) is 0 Å². The van der Waals surface area contributed by atoms with Crippen molar-refractivity contribution in [1.29, 1.82) is 0 Å². The molecule has 0 aromatic carbocycles. The van der Waals surface area contributed by atoms with Gasteiger partial charge in [-0.05, 0) is 31.4 Å². The molecular formula is C19H34N4O3. The highest BCUT2D eigenvalue weighted by Gasteiger charge is 2.09. The van der Waals surface area contributed by atoms with Gasteiger partial charge in [-0.1, -0.05) is 0 Å². The van der Waals surface area contributed by atoms with E-state index >= 15 is 0 Å². The monoisotopic (exact) mass is 366 g/mol. The van der Waals surface area contributed by atoms with Gasteiger partial charge in [0.2, 0.25) is 0 Å². The molecule has 0 spiro atoms. The number of ether oxygens (including phenoxy) is 2. The molecule has 1 aromatic heterocycles. The van der Waals surface area contributed by atoms with Gasteiger partial charge in [-0.25, -0.2) is 0 Å². The van der Waals surface area contributed by atoms with E-state index in [1.165, 1.54) is 0 Å². The van der Waals surface area contributed by atoms with Crippen molar-refractivity contribution in [1.82, 2.24) is 15.5 Å². The van der Waals surface area contributed by atoms with Crippen molar-refractivity contribution in [3.63, 3.8) is 0 Å². The van der Waals surface area contributed by atoms with E-state index in [9.17, 15) is 0 Å². The van der Waals surface area contributed by atoms with Crippen molar-refractivity contribution in [3.05, 3.63) is 24.2 Å². The quantitative estimate of drug-likeness (QED) is 0.332. The number of nitrogens with one attached hydrogen (secondary N) is 2. The third-order valence-corrected chi connectivity index (χ3v) is 4.32. The van der Waals surface area contributed by atoms with Crippen LogP contribution < -0.4 is 10.6 Å². The van der Waals surface area contributed by atoms with Crippen LogP contribution in [0.1, 0.15) is 25.0 Å². The summed E-state index contributed by atoms with van der Waals surface area (Å²) < 4.78 is 15.9. The number of unbranched alkanes of at least 4 members (excludes halogenated alkanes) is 1. The predicted molar refractivity (Wildman–Crippen MR) is 104 cm³/mol. The molecule has 0 unspecified atom stereocenters. The van der Waals surface area contributed by atoms with Gasteiger partial charge in [0.1, 0.15) is 5.76 Å². The van der Waals surface area contributed by atoms with Crippen molar-refractivity contribution < 1.29 is 13.9 Å². The van der Waals surface area contributed by atoms with E-state index < -0.39 is 0 Å². The number of guanidine groups is 1. The minimum Gasteiger partial charge on any atom is -0.469 e. The van der Waals surface area contributed by atoms with Crippen LogP contribution in [0.15, 0.2) is 27.8 Å². The molecule has 1 saturated heterocycles. The summed E-state index contributed by atoms with van der Waals surface area (Å²) >= 11 is 0. The Balaban J connectivity index is 1.66. The SMILES string of the molecule is COCCCCNC(=NCCCN1CCOCC1)NCCc1ccco1. The summed E-state index contributed by atoms with van der Waals surface area (Å²) in [7, 11) is 1.74. The Kier molecular flexibility index (Phi) is 10.9. The first kappa shape index (κ1) is 20.7. The van der Waals surface area contributed by atoms with Crippen LogP contribution in [0.5, 0.6) is 0 Å². The van der Waals surface area contributed by atoms with E-state index in [1.807, 2.05) is 12.1 Å². The van der Waals surface area contributed by atoms with Crippen molar-refractivity contribution in [2.45, 2.75) is 25.7 Å². The Morgan fingerprint density at radius 1 is 1.19 bits per heavy atom. The van der Waals surface area contributed by atoms with E-state index in [-0.39, 0.29) is 0 Å². The molecule has 26 heavy (non-hydrogen) atoms. The number of morpholine rings is 1. The summed E-state index contributed by atoms with van der Waals surface area (Å²) in [6, 6.07) is 3.92. The fourth-order valence-electron chi connectivity index (χ4n) is 2.82. The topological polar surface area (TPSA) is 71.3 Å². The van der Waals surface area contributed by atoms with Crippen LogP contribution in [0, 0.1) is 0 Å². The maximum Gasteiger partial charge on any atom is 0.191 e.